The van der Waals surface area contributed by atoms with Crippen LogP contribution in [0.5, 0.6) is 5.88 Å². The van der Waals surface area contributed by atoms with Gasteiger partial charge in [0.2, 0.25) is 5.88 Å². The van der Waals surface area contributed by atoms with Crippen LogP contribution in [0.3, 0.4) is 0 Å². The third-order valence-corrected chi connectivity index (χ3v) is 4.68. The van der Waals surface area contributed by atoms with Gasteiger partial charge in [-0.3, -0.25) is 9.36 Å². The van der Waals surface area contributed by atoms with Crippen molar-refractivity contribution >= 4 is 28.0 Å². The number of hydrogen-bond acceptors (Lipinski definition) is 4. The van der Waals surface area contributed by atoms with Gasteiger partial charge in [-0.2, -0.15) is 0 Å². The first-order valence-electron chi connectivity index (χ1n) is 6.66. The monoisotopic (exact) mass is 363 g/mol. The number of benzene rings is 1. The van der Waals surface area contributed by atoms with E-state index < -0.39 is 6.16 Å². The average Bonchev–Trinajstić information content (AvgIpc) is 2.76. The highest BCUT2D eigenvalue weighted by Crippen LogP contribution is 2.44. The highest BCUT2D eigenvalue weighted by molar-refractivity contribution is 9.10. The Morgan fingerprint density at radius 1 is 1.45 bits per heavy atom. The number of hydrogen-bond donors (Lipinski definition) is 1. The third kappa shape index (κ3) is 1.70. The second kappa shape index (κ2) is 4.57. The Labute approximate surface area is 133 Å². The van der Waals surface area contributed by atoms with Crippen molar-refractivity contribution in [3.8, 4) is 11.6 Å². The smallest absolute Gasteiger partial charge is 0.449 e. The summed E-state index contributed by atoms with van der Waals surface area (Å²) in [5.41, 5.74) is 1.81. The van der Waals surface area contributed by atoms with Gasteiger partial charge >= 0.3 is 6.16 Å². The van der Waals surface area contributed by atoms with Gasteiger partial charge in [-0.15, -0.1) is 0 Å². The lowest BCUT2D eigenvalue weighted by atomic mass is 9.99. The summed E-state index contributed by atoms with van der Waals surface area (Å²) in [5.74, 6) is -0.0495. The van der Waals surface area contributed by atoms with Crippen LogP contribution in [0.4, 0.5) is 4.79 Å². The normalized spacial score (nSPS) is 18.7. The van der Waals surface area contributed by atoms with Crippen molar-refractivity contribution in [3.63, 3.8) is 0 Å². The Bertz CT molecular complexity index is 816. The van der Waals surface area contributed by atoms with Crippen LogP contribution in [0.2, 0.25) is 0 Å². The Morgan fingerprint density at radius 3 is 2.95 bits per heavy atom. The fourth-order valence-electron chi connectivity index (χ4n) is 2.98. The molecule has 0 saturated carbocycles. The molecule has 0 bridgehead atoms. The molecule has 0 unspecified atom stereocenters. The van der Waals surface area contributed by atoms with Crippen LogP contribution in [0.25, 0.3) is 5.69 Å². The summed E-state index contributed by atoms with van der Waals surface area (Å²) in [6.45, 7) is 0.627. The van der Waals surface area contributed by atoms with Crippen molar-refractivity contribution in [3.05, 3.63) is 40.3 Å². The molecular formula is C14H10BrN3O4. The first-order valence-corrected chi connectivity index (χ1v) is 7.45. The van der Waals surface area contributed by atoms with Crippen molar-refractivity contribution in [1.29, 1.82) is 0 Å². The number of fused-ring (bicyclic) bond motifs is 5. The molecule has 1 aromatic heterocycles. The second-order valence-corrected chi connectivity index (χ2v) is 5.96. The maximum atomic E-state index is 12.7. The number of carboxylic acid groups (broad SMARTS) is 1. The highest BCUT2D eigenvalue weighted by atomic mass is 79.9. The van der Waals surface area contributed by atoms with E-state index in [1.54, 1.807) is 15.5 Å². The van der Waals surface area contributed by atoms with Crippen molar-refractivity contribution in [1.82, 2.24) is 14.5 Å². The van der Waals surface area contributed by atoms with Gasteiger partial charge in [-0.25, -0.2) is 9.78 Å². The lowest BCUT2D eigenvalue weighted by Gasteiger charge is -2.39. The van der Waals surface area contributed by atoms with E-state index in [1.165, 1.54) is 6.33 Å². The molecule has 1 N–H and O–H groups in total. The molecule has 4 rings (SSSR count). The molecule has 2 aromatic rings. The van der Waals surface area contributed by atoms with E-state index >= 15 is 0 Å². The number of imidazole rings is 1. The molecule has 1 fully saturated rings. The predicted octanol–water partition coefficient (Wildman–Crippen LogP) is 2.59. The Balaban J connectivity index is 1.98. The van der Waals surface area contributed by atoms with Gasteiger partial charge in [-0.05, 0) is 34.5 Å². The fraction of sp³-hybridized carbons (Fsp3) is 0.214. The third-order valence-electron chi connectivity index (χ3n) is 4.01. The molecule has 7 nitrogen and oxygen atoms in total. The molecule has 1 amide bonds. The van der Waals surface area contributed by atoms with E-state index in [-0.39, 0.29) is 17.8 Å². The van der Waals surface area contributed by atoms with Gasteiger partial charge < -0.3 is 14.7 Å². The van der Waals surface area contributed by atoms with Gasteiger partial charge in [0.1, 0.15) is 12.0 Å². The summed E-state index contributed by atoms with van der Waals surface area (Å²) >= 11 is 3.42. The van der Waals surface area contributed by atoms with Crippen LogP contribution >= 0.6 is 15.9 Å². The molecule has 0 aliphatic carbocycles. The summed E-state index contributed by atoms with van der Waals surface area (Å²) in [4.78, 5) is 29.3. The van der Waals surface area contributed by atoms with E-state index in [0.29, 0.717) is 28.0 Å². The fourth-order valence-corrected chi connectivity index (χ4v) is 3.51. The molecule has 1 aromatic carbocycles. The SMILES string of the molecule is O=C(O)Oc1ncn2c1[C@@H]1CCN1C(=O)c1c(Br)cccc1-2. The van der Waals surface area contributed by atoms with Gasteiger partial charge in [0.05, 0.1) is 17.3 Å². The summed E-state index contributed by atoms with van der Waals surface area (Å²) in [6.07, 6.45) is 0.824. The lowest BCUT2D eigenvalue weighted by molar-refractivity contribution is 0.0453. The number of carbonyl (C=O) groups excluding carboxylic acids is 1. The minimum Gasteiger partial charge on any atom is -0.449 e. The summed E-state index contributed by atoms with van der Waals surface area (Å²) < 4.78 is 7.21. The zero-order valence-electron chi connectivity index (χ0n) is 11.2. The van der Waals surface area contributed by atoms with E-state index in [4.69, 9.17) is 9.84 Å². The van der Waals surface area contributed by atoms with E-state index in [1.807, 2.05) is 12.1 Å². The van der Waals surface area contributed by atoms with E-state index in [2.05, 4.69) is 20.9 Å². The maximum absolute atomic E-state index is 12.7. The van der Waals surface area contributed by atoms with Gasteiger partial charge in [0, 0.05) is 11.0 Å². The maximum Gasteiger partial charge on any atom is 0.512 e. The van der Waals surface area contributed by atoms with Crippen molar-refractivity contribution in [2.45, 2.75) is 12.5 Å². The van der Waals surface area contributed by atoms with E-state index in [9.17, 15) is 9.59 Å². The van der Waals surface area contributed by atoms with Gasteiger partial charge in [-0.1, -0.05) is 6.07 Å². The molecule has 1 saturated heterocycles. The minimum atomic E-state index is -1.42. The molecular weight excluding hydrogens is 354 g/mol. The molecule has 2 aliphatic rings. The minimum absolute atomic E-state index is 0.0304. The standard InChI is InChI=1S/C14H10BrN3O4/c15-7-2-1-3-8-10(7)13(19)17-5-4-9(17)11-12(22-14(20)21)16-6-18(8)11/h1-3,6,9H,4-5H2,(H,20,21)/t9-/m0/s1. The first-order chi connectivity index (χ1) is 10.6. The number of aromatic nitrogens is 2. The molecule has 2 aliphatic heterocycles. The van der Waals surface area contributed by atoms with Gasteiger partial charge in [0.15, 0.2) is 0 Å². The molecule has 3 heterocycles. The largest absolute Gasteiger partial charge is 0.512 e. The highest BCUT2D eigenvalue weighted by Gasteiger charge is 2.43. The van der Waals surface area contributed by atoms with Crippen LogP contribution in [-0.2, 0) is 0 Å². The first kappa shape index (κ1) is 13.3. The number of ether oxygens (including phenoxy) is 1. The predicted molar refractivity (Wildman–Crippen MR) is 78.3 cm³/mol. The Hall–Kier alpha value is -2.35. The van der Waals surface area contributed by atoms with Crippen molar-refractivity contribution in [2.24, 2.45) is 0 Å². The summed E-state index contributed by atoms with van der Waals surface area (Å²) in [5, 5.41) is 8.86. The molecule has 112 valence electrons. The van der Waals surface area contributed by atoms with Gasteiger partial charge in [0.25, 0.3) is 5.91 Å². The Morgan fingerprint density at radius 2 is 2.27 bits per heavy atom. The number of amides is 1. The molecule has 1 atom stereocenters. The second-order valence-electron chi connectivity index (χ2n) is 5.11. The lowest BCUT2D eigenvalue weighted by Crippen LogP contribution is -2.44. The molecule has 22 heavy (non-hydrogen) atoms. The average molecular weight is 364 g/mol. The van der Waals surface area contributed by atoms with Crippen LogP contribution in [0, 0.1) is 0 Å². The zero-order valence-corrected chi connectivity index (χ0v) is 12.8. The molecule has 0 radical (unpaired) electrons. The number of carbonyl (C=O) groups is 2. The van der Waals surface area contributed by atoms with Crippen molar-refractivity contribution < 1.29 is 19.4 Å². The number of nitrogens with zero attached hydrogens (tertiary/aromatic N) is 3. The molecule has 8 heteroatoms. The zero-order chi connectivity index (χ0) is 15.4. The van der Waals surface area contributed by atoms with Crippen LogP contribution < -0.4 is 4.74 Å². The van der Waals surface area contributed by atoms with E-state index in [0.717, 1.165) is 6.42 Å². The van der Waals surface area contributed by atoms with Crippen LogP contribution in [0.1, 0.15) is 28.5 Å². The topological polar surface area (TPSA) is 84.7 Å². The quantitative estimate of drug-likeness (QED) is 0.787. The van der Waals surface area contributed by atoms with Crippen LogP contribution in [0.15, 0.2) is 29.0 Å². The molecule has 0 spiro atoms. The van der Waals surface area contributed by atoms with Crippen LogP contribution in [-0.4, -0.2) is 38.2 Å². The number of rotatable bonds is 1. The number of halogens is 1. The van der Waals surface area contributed by atoms with Crippen molar-refractivity contribution in [2.75, 3.05) is 6.54 Å². The summed E-state index contributed by atoms with van der Waals surface area (Å²) in [7, 11) is 0. The summed E-state index contributed by atoms with van der Waals surface area (Å²) in [6, 6.07) is 5.21. The Kier molecular flexibility index (Phi) is 2.77.